The Morgan fingerprint density at radius 1 is 1.37 bits per heavy atom. The lowest BCUT2D eigenvalue weighted by Gasteiger charge is -2.22. The molecule has 1 atom stereocenters. The van der Waals surface area contributed by atoms with E-state index >= 15 is 0 Å². The quantitative estimate of drug-likeness (QED) is 0.884. The van der Waals surface area contributed by atoms with E-state index in [9.17, 15) is 0 Å². The Bertz CT molecular complexity index is 551. The van der Waals surface area contributed by atoms with Crippen molar-refractivity contribution < 1.29 is 4.52 Å². The van der Waals surface area contributed by atoms with Crippen LogP contribution in [0.3, 0.4) is 0 Å². The number of anilines is 1. The third kappa shape index (κ3) is 2.84. The minimum Gasteiger partial charge on any atom is -0.359 e. The molecule has 2 aromatic rings. The van der Waals surface area contributed by atoms with Crippen molar-refractivity contribution in [2.75, 3.05) is 18.5 Å². The molecule has 0 saturated heterocycles. The van der Waals surface area contributed by atoms with Crippen LogP contribution >= 0.6 is 0 Å². The summed E-state index contributed by atoms with van der Waals surface area (Å²) in [4.78, 5) is 10.5. The Kier molecular flexibility index (Phi) is 3.99. The number of fused-ring (bicyclic) bond motifs is 1. The molecule has 0 amide bonds. The topological polar surface area (TPSA) is 81.1 Å². The smallest absolute Gasteiger partial charge is 0.263 e. The predicted molar refractivity (Wildman–Crippen MR) is 75.0 cm³/mol. The van der Waals surface area contributed by atoms with E-state index < -0.39 is 0 Å². The second kappa shape index (κ2) is 5.52. The van der Waals surface area contributed by atoms with Crippen LogP contribution in [0.1, 0.15) is 26.0 Å². The van der Waals surface area contributed by atoms with Crippen molar-refractivity contribution in [1.82, 2.24) is 15.1 Å². The lowest BCUT2D eigenvalue weighted by molar-refractivity contribution is 0.442. The van der Waals surface area contributed by atoms with Crippen LogP contribution in [0.5, 0.6) is 0 Å². The van der Waals surface area contributed by atoms with Gasteiger partial charge in [0.15, 0.2) is 0 Å². The maximum atomic E-state index is 6.08. The van der Waals surface area contributed by atoms with Crippen LogP contribution < -0.4 is 10.6 Å². The van der Waals surface area contributed by atoms with E-state index in [1.165, 1.54) is 6.33 Å². The molecule has 1 unspecified atom stereocenters. The van der Waals surface area contributed by atoms with Crippen LogP contribution in [-0.4, -0.2) is 34.8 Å². The van der Waals surface area contributed by atoms with Crippen LogP contribution in [-0.2, 0) is 0 Å². The number of rotatable bonds is 5. The molecule has 0 saturated carbocycles. The molecule has 0 bridgehead atoms. The highest BCUT2D eigenvalue weighted by Crippen LogP contribution is 2.25. The fraction of sp³-hybridized carbons (Fsp3) is 0.615. The summed E-state index contributed by atoms with van der Waals surface area (Å²) < 4.78 is 5.15. The molecule has 0 spiro atoms. The molecule has 2 rings (SSSR count). The Hall–Kier alpha value is -1.69. The summed E-state index contributed by atoms with van der Waals surface area (Å²) in [5.41, 5.74) is 7.42. The number of nitrogens with two attached hydrogens (primary N) is 1. The van der Waals surface area contributed by atoms with E-state index in [1.54, 1.807) is 0 Å². The molecule has 0 radical (unpaired) electrons. The number of hydrogen-bond acceptors (Lipinski definition) is 6. The summed E-state index contributed by atoms with van der Waals surface area (Å²) >= 11 is 0. The highest BCUT2D eigenvalue weighted by molar-refractivity contribution is 5.87. The van der Waals surface area contributed by atoms with Gasteiger partial charge in [0.2, 0.25) is 0 Å². The largest absolute Gasteiger partial charge is 0.359 e. The zero-order chi connectivity index (χ0) is 14.0. The molecule has 2 N–H and O–H groups in total. The second-order valence-electron chi connectivity index (χ2n) is 5.26. The van der Waals surface area contributed by atoms with Gasteiger partial charge in [-0.15, -0.1) is 0 Å². The SMILES string of the molecule is Cc1noc2ncnc(N(C)CCC(N)C(C)C)c12. The Balaban J connectivity index is 2.17. The number of nitrogens with zero attached hydrogens (tertiary/aromatic N) is 4. The van der Waals surface area contributed by atoms with Gasteiger partial charge in [-0.2, -0.15) is 4.98 Å². The van der Waals surface area contributed by atoms with E-state index in [4.69, 9.17) is 10.3 Å². The van der Waals surface area contributed by atoms with Crippen LogP contribution in [0.4, 0.5) is 5.82 Å². The zero-order valence-corrected chi connectivity index (χ0v) is 11.9. The Labute approximate surface area is 113 Å². The second-order valence-corrected chi connectivity index (χ2v) is 5.26. The molecular formula is C13H21N5O. The van der Waals surface area contributed by atoms with E-state index in [1.807, 2.05) is 14.0 Å². The molecule has 0 aliphatic carbocycles. The van der Waals surface area contributed by atoms with E-state index in [0.717, 1.165) is 29.9 Å². The molecule has 0 fully saturated rings. The van der Waals surface area contributed by atoms with E-state index in [2.05, 4.69) is 33.9 Å². The van der Waals surface area contributed by atoms with Crippen molar-refractivity contribution in [3.63, 3.8) is 0 Å². The highest BCUT2D eigenvalue weighted by Gasteiger charge is 2.16. The summed E-state index contributed by atoms with van der Waals surface area (Å²) in [5, 5.41) is 4.81. The van der Waals surface area contributed by atoms with Crippen LogP contribution in [0, 0.1) is 12.8 Å². The lowest BCUT2D eigenvalue weighted by atomic mass is 10.0. The first-order valence-electron chi connectivity index (χ1n) is 6.54. The van der Waals surface area contributed by atoms with Crippen molar-refractivity contribution >= 4 is 16.9 Å². The van der Waals surface area contributed by atoms with Crippen LogP contribution in [0.2, 0.25) is 0 Å². The summed E-state index contributed by atoms with van der Waals surface area (Å²) in [6.45, 7) is 7.01. The highest BCUT2D eigenvalue weighted by atomic mass is 16.5. The summed E-state index contributed by atoms with van der Waals surface area (Å²) in [5.74, 6) is 1.33. The first-order valence-corrected chi connectivity index (χ1v) is 6.54. The van der Waals surface area contributed by atoms with Gasteiger partial charge in [0.25, 0.3) is 5.71 Å². The average molecular weight is 263 g/mol. The maximum Gasteiger partial charge on any atom is 0.263 e. The molecule has 0 aliphatic rings. The van der Waals surface area contributed by atoms with Gasteiger partial charge in [0.1, 0.15) is 17.5 Å². The summed E-state index contributed by atoms with van der Waals surface area (Å²) in [7, 11) is 2.00. The molecule has 104 valence electrons. The number of hydrogen-bond donors (Lipinski definition) is 1. The number of aryl methyl sites for hydroxylation is 1. The van der Waals surface area contributed by atoms with Crippen molar-refractivity contribution in [2.24, 2.45) is 11.7 Å². The third-order valence-electron chi connectivity index (χ3n) is 3.44. The first kappa shape index (κ1) is 13.7. The fourth-order valence-corrected chi connectivity index (χ4v) is 1.98. The monoisotopic (exact) mass is 263 g/mol. The molecule has 2 heterocycles. The molecule has 2 aromatic heterocycles. The summed E-state index contributed by atoms with van der Waals surface area (Å²) in [6, 6.07) is 0.198. The molecule has 0 aliphatic heterocycles. The van der Waals surface area contributed by atoms with Gasteiger partial charge >= 0.3 is 0 Å². The summed E-state index contributed by atoms with van der Waals surface area (Å²) in [6.07, 6.45) is 2.42. The van der Waals surface area contributed by atoms with Gasteiger partial charge in [-0.3, -0.25) is 0 Å². The molecule has 6 heteroatoms. The molecule has 0 aromatic carbocycles. The predicted octanol–water partition coefficient (Wildman–Crippen LogP) is 1.74. The van der Waals surface area contributed by atoms with Crippen molar-refractivity contribution in [3.8, 4) is 0 Å². The van der Waals surface area contributed by atoms with E-state index in [-0.39, 0.29) is 6.04 Å². The minimum atomic E-state index is 0.198. The maximum absolute atomic E-state index is 6.08. The Morgan fingerprint density at radius 3 is 2.79 bits per heavy atom. The van der Waals surface area contributed by atoms with Crippen molar-refractivity contribution in [2.45, 2.75) is 33.2 Å². The molecule has 19 heavy (non-hydrogen) atoms. The molecule has 6 nitrogen and oxygen atoms in total. The third-order valence-corrected chi connectivity index (χ3v) is 3.44. The fourth-order valence-electron chi connectivity index (χ4n) is 1.98. The van der Waals surface area contributed by atoms with Crippen LogP contribution in [0.15, 0.2) is 10.9 Å². The normalized spacial score (nSPS) is 13.2. The van der Waals surface area contributed by atoms with Gasteiger partial charge < -0.3 is 15.2 Å². The lowest BCUT2D eigenvalue weighted by Crippen LogP contribution is -2.32. The van der Waals surface area contributed by atoms with Gasteiger partial charge in [0.05, 0.1) is 5.69 Å². The standard InChI is InChI=1S/C13H21N5O/c1-8(2)10(14)5-6-18(4)12-11-9(3)17-19-13(11)16-7-15-12/h7-8,10H,5-6,14H2,1-4H3. The number of aromatic nitrogens is 3. The van der Waals surface area contributed by atoms with Gasteiger partial charge in [-0.05, 0) is 19.3 Å². The average Bonchev–Trinajstić information content (AvgIpc) is 2.77. The minimum absolute atomic E-state index is 0.198. The van der Waals surface area contributed by atoms with Gasteiger partial charge in [0, 0.05) is 19.6 Å². The van der Waals surface area contributed by atoms with Gasteiger partial charge in [-0.25, -0.2) is 4.98 Å². The van der Waals surface area contributed by atoms with E-state index in [0.29, 0.717) is 11.6 Å². The van der Waals surface area contributed by atoms with Crippen molar-refractivity contribution in [3.05, 3.63) is 12.0 Å². The Morgan fingerprint density at radius 2 is 2.11 bits per heavy atom. The molecular weight excluding hydrogens is 242 g/mol. The van der Waals surface area contributed by atoms with Crippen LogP contribution in [0.25, 0.3) is 11.1 Å². The van der Waals surface area contributed by atoms with Gasteiger partial charge in [-0.1, -0.05) is 19.0 Å². The zero-order valence-electron chi connectivity index (χ0n) is 11.9. The van der Waals surface area contributed by atoms with Crippen molar-refractivity contribution in [1.29, 1.82) is 0 Å². The first-order chi connectivity index (χ1) is 9.00.